The van der Waals surface area contributed by atoms with Crippen LogP contribution in [-0.2, 0) is 0 Å². The lowest BCUT2D eigenvalue weighted by Gasteiger charge is -2.36. The number of aliphatic hydroxyl groups excluding tert-OH is 1. The molecule has 0 radical (unpaired) electrons. The fourth-order valence-corrected chi connectivity index (χ4v) is 1.90. The maximum atomic E-state index is 12.5. The molecule has 1 aliphatic rings. The van der Waals surface area contributed by atoms with Gasteiger partial charge in [-0.2, -0.15) is 13.2 Å². The third-order valence-corrected chi connectivity index (χ3v) is 2.59. The van der Waals surface area contributed by atoms with E-state index in [0.717, 1.165) is 6.42 Å². The zero-order valence-corrected chi connectivity index (χ0v) is 8.06. The first-order valence-electron chi connectivity index (χ1n) is 4.97. The summed E-state index contributed by atoms with van der Waals surface area (Å²) >= 11 is 0. The van der Waals surface area contributed by atoms with E-state index in [1.54, 1.807) is 0 Å². The van der Waals surface area contributed by atoms with E-state index >= 15 is 0 Å². The Kier molecular flexibility index (Phi) is 4.19. The Labute approximate surface area is 81.7 Å². The Morgan fingerprint density at radius 1 is 1.29 bits per heavy atom. The average Bonchev–Trinajstić information content (AvgIpc) is 2.14. The number of hydrogen-bond acceptors (Lipinski definition) is 2. The summed E-state index contributed by atoms with van der Waals surface area (Å²) in [5.41, 5.74) is 0. The molecule has 0 bridgehead atoms. The monoisotopic (exact) mass is 211 g/mol. The molecule has 1 saturated heterocycles. The maximum absolute atomic E-state index is 12.5. The Morgan fingerprint density at radius 3 is 2.57 bits per heavy atom. The number of likely N-dealkylation sites (tertiary alicyclic amines) is 1. The first-order valence-corrected chi connectivity index (χ1v) is 4.97. The number of hydrogen-bond donors (Lipinski definition) is 1. The third kappa shape index (κ3) is 3.13. The van der Waals surface area contributed by atoms with Gasteiger partial charge in [0.1, 0.15) is 6.04 Å². The summed E-state index contributed by atoms with van der Waals surface area (Å²) in [6, 6.07) is -1.29. The van der Waals surface area contributed by atoms with Crippen LogP contribution in [0.5, 0.6) is 0 Å². The van der Waals surface area contributed by atoms with Gasteiger partial charge in [-0.05, 0) is 25.8 Å². The van der Waals surface area contributed by atoms with Crippen LogP contribution in [0.2, 0.25) is 0 Å². The van der Waals surface area contributed by atoms with E-state index in [1.807, 2.05) is 0 Å². The van der Waals surface area contributed by atoms with Crippen molar-refractivity contribution in [2.24, 2.45) is 0 Å². The Balaban J connectivity index is 2.50. The molecule has 0 aromatic rings. The molecule has 0 saturated carbocycles. The summed E-state index contributed by atoms with van der Waals surface area (Å²) in [6.07, 6.45) is -2.00. The van der Waals surface area contributed by atoms with Crippen LogP contribution in [0.1, 0.15) is 25.7 Å². The molecule has 1 aliphatic heterocycles. The van der Waals surface area contributed by atoms with Gasteiger partial charge < -0.3 is 5.11 Å². The van der Waals surface area contributed by atoms with E-state index in [4.69, 9.17) is 5.11 Å². The van der Waals surface area contributed by atoms with Crippen molar-refractivity contribution in [2.75, 3.05) is 19.7 Å². The number of alkyl halides is 3. The van der Waals surface area contributed by atoms with Crippen molar-refractivity contribution in [2.45, 2.75) is 37.9 Å². The van der Waals surface area contributed by atoms with Crippen molar-refractivity contribution in [3.63, 3.8) is 0 Å². The second-order valence-corrected chi connectivity index (χ2v) is 3.67. The lowest BCUT2D eigenvalue weighted by molar-refractivity contribution is -0.191. The first kappa shape index (κ1) is 11.8. The minimum absolute atomic E-state index is 0.0406. The molecule has 0 aliphatic carbocycles. The predicted octanol–water partition coefficient (Wildman–Crippen LogP) is 1.79. The molecule has 84 valence electrons. The molecule has 1 N–H and O–H groups in total. The largest absolute Gasteiger partial charge is 0.404 e. The lowest BCUT2D eigenvalue weighted by atomic mass is 10.0. The standard InChI is InChI=1S/C9H16F3NO/c10-9(11,12)8-4-1-2-5-13(8)6-3-7-14/h8,14H,1-7H2. The lowest BCUT2D eigenvalue weighted by Crippen LogP contribution is -2.48. The number of aliphatic hydroxyl groups is 1. The molecule has 5 heteroatoms. The van der Waals surface area contributed by atoms with Gasteiger partial charge in [-0.25, -0.2) is 0 Å². The molecule has 1 fully saturated rings. The quantitative estimate of drug-likeness (QED) is 0.769. The summed E-state index contributed by atoms with van der Waals surface area (Å²) < 4.78 is 37.5. The van der Waals surface area contributed by atoms with E-state index in [2.05, 4.69) is 0 Å². The van der Waals surface area contributed by atoms with Crippen molar-refractivity contribution < 1.29 is 18.3 Å². The second-order valence-electron chi connectivity index (χ2n) is 3.67. The van der Waals surface area contributed by atoms with Crippen molar-refractivity contribution in [1.82, 2.24) is 4.90 Å². The SMILES string of the molecule is OCCCN1CCCCC1C(F)(F)F. The molecule has 1 heterocycles. The highest BCUT2D eigenvalue weighted by Gasteiger charge is 2.43. The summed E-state index contributed by atoms with van der Waals surface area (Å²) in [4.78, 5) is 1.44. The molecule has 1 rings (SSSR count). The van der Waals surface area contributed by atoms with Crippen LogP contribution >= 0.6 is 0 Å². The van der Waals surface area contributed by atoms with Crippen molar-refractivity contribution in [3.8, 4) is 0 Å². The molecular weight excluding hydrogens is 195 g/mol. The van der Waals surface area contributed by atoms with Gasteiger partial charge in [-0.3, -0.25) is 4.90 Å². The number of piperidine rings is 1. The van der Waals surface area contributed by atoms with Gasteiger partial charge in [-0.15, -0.1) is 0 Å². The van der Waals surface area contributed by atoms with Gasteiger partial charge in [0, 0.05) is 13.2 Å². The van der Waals surface area contributed by atoms with Gasteiger partial charge in [0.25, 0.3) is 0 Å². The van der Waals surface area contributed by atoms with Gasteiger partial charge in [0.05, 0.1) is 0 Å². The summed E-state index contributed by atoms with van der Waals surface area (Å²) in [5.74, 6) is 0. The van der Waals surface area contributed by atoms with Crippen LogP contribution in [0.3, 0.4) is 0 Å². The van der Waals surface area contributed by atoms with Gasteiger partial charge >= 0.3 is 6.18 Å². The molecule has 1 atom stereocenters. The molecule has 1 unspecified atom stereocenters. The highest BCUT2D eigenvalue weighted by Crippen LogP contribution is 2.31. The topological polar surface area (TPSA) is 23.5 Å². The first-order chi connectivity index (χ1) is 6.55. The van der Waals surface area contributed by atoms with E-state index in [1.165, 1.54) is 4.90 Å². The van der Waals surface area contributed by atoms with Gasteiger partial charge in [0.15, 0.2) is 0 Å². The number of halogens is 3. The fourth-order valence-electron chi connectivity index (χ4n) is 1.90. The van der Waals surface area contributed by atoms with Crippen LogP contribution in [0, 0.1) is 0 Å². The van der Waals surface area contributed by atoms with Crippen LogP contribution in [0.15, 0.2) is 0 Å². The zero-order valence-electron chi connectivity index (χ0n) is 8.06. The molecule has 0 aromatic carbocycles. The van der Waals surface area contributed by atoms with Crippen molar-refractivity contribution >= 4 is 0 Å². The molecule has 0 amide bonds. The van der Waals surface area contributed by atoms with Gasteiger partial charge in [0.2, 0.25) is 0 Å². The van der Waals surface area contributed by atoms with E-state index in [9.17, 15) is 13.2 Å². The highest BCUT2D eigenvalue weighted by molar-refractivity contribution is 4.82. The van der Waals surface area contributed by atoms with Crippen LogP contribution < -0.4 is 0 Å². The minimum atomic E-state index is -4.12. The number of rotatable bonds is 3. The molecule has 0 spiro atoms. The molecule has 14 heavy (non-hydrogen) atoms. The van der Waals surface area contributed by atoms with E-state index in [-0.39, 0.29) is 13.0 Å². The summed E-state index contributed by atoms with van der Waals surface area (Å²) in [5, 5.41) is 8.58. The second kappa shape index (κ2) is 4.98. The molecule has 2 nitrogen and oxygen atoms in total. The van der Waals surface area contributed by atoms with Crippen LogP contribution in [0.4, 0.5) is 13.2 Å². The summed E-state index contributed by atoms with van der Waals surface area (Å²) in [6.45, 7) is 0.811. The maximum Gasteiger partial charge on any atom is 0.404 e. The van der Waals surface area contributed by atoms with Crippen LogP contribution in [0.25, 0.3) is 0 Å². The fraction of sp³-hybridized carbons (Fsp3) is 1.00. The smallest absolute Gasteiger partial charge is 0.396 e. The van der Waals surface area contributed by atoms with Crippen LogP contribution in [-0.4, -0.2) is 41.9 Å². The summed E-state index contributed by atoms with van der Waals surface area (Å²) in [7, 11) is 0. The van der Waals surface area contributed by atoms with Gasteiger partial charge in [-0.1, -0.05) is 6.42 Å². The molecule has 0 aromatic heterocycles. The normalized spacial score (nSPS) is 25.3. The minimum Gasteiger partial charge on any atom is -0.396 e. The van der Waals surface area contributed by atoms with Crippen molar-refractivity contribution in [1.29, 1.82) is 0 Å². The Bertz CT molecular complexity index is 172. The molecular formula is C9H16F3NO. The number of nitrogens with zero attached hydrogens (tertiary/aromatic N) is 1. The predicted molar refractivity (Wildman–Crippen MR) is 47.0 cm³/mol. The Hall–Kier alpha value is -0.290. The average molecular weight is 211 g/mol. The van der Waals surface area contributed by atoms with Crippen molar-refractivity contribution in [3.05, 3.63) is 0 Å². The van der Waals surface area contributed by atoms with E-state index in [0.29, 0.717) is 25.9 Å². The highest BCUT2D eigenvalue weighted by atomic mass is 19.4. The Morgan fingerprint density at radius 2 is 2.00 bits per heavy atom. The van der Waals surface area contributed by atoms with E-state index < -0.39 is 12.2 Å². The third-order valence-electron chi connectivity index (χ3n) is 2.59. The zero-order chi connectivity index (χ0) is 10.6.